The molecular weight excluding hydrogens is 254 g/mol. The zero-order valence-corrected chi connectivity index (χ0v) is 10.5. The summed E-state index contributed by atoms with van der Waals surface area (Å²) >= 11 is 0. The van der Waals surface area contributed by atoms with E-state index in [-0.39, 0.29) is 17.8 Å². The van der Waals surface area contributed by atoms with Crippen LogP contribution in [0.1, 0.15) is 23.7 Å². The summed E-state index contributed by atoms with van der Waals surface area (Å²) in [5.74, 6) is -3.51. The summed E-state index contributed by atoms with van der Waals surface area (Å²) in [6.07, 6.45) is 0.937. The van der Waals surface area contributed by atoms with E-state index < -0.39 is 23.3 Å². The van der Waals surface area contributed by atoms with Gasteiger partial charge >= 0.3 is 0 Å². The lowest BCUT2D eigenvalue weighted by Gasteiger charge is -2.16. The molecule has 0 fully saturated rings. The number of ketones is 1. The van der Waals surface area contributed by atoms with Gasteiger partial charge in [-0.1, -0.05) is 6.92 Å². The number of halogens is 2. The van der Waals surface area contributed by atoms with Crippen LogP contribution in [0.25, 0.3) is 0 Å². The molecule has 6 heteroatoms. The molecule has 1 aromatic rings. The van der Waals surface area contributed by atoms with Crippen LogP contribution < -0.4 is 10.2 Å². The highest BCUT2D eigenvalue weighted by molar-refractivity contribution is 6.52. The van der Waals surface area contributed by atoms with Gasteiger partial charge in [-0.2, -0.15) is 0 Å². The Morgan fingerprint density at radius 2 is 1.95 bits per heavy atom. The van der Waals surface area contributed by atoms with E-state index in [1.807, 2.05) is 6.92 Å². The molecule has 0 saturated heterocycles. The summed E-state index contributed by atoms with van der Waals surface area (Å²) in [5, 5.41) is 3.06. The second kappa shape index (κ2) is 5.44. The maximum absolute atomic E-state index is 13.5. The number of amides is 1. The maximum atomic E-state index is 13.5. The molecule has 102 valence electrons. The van der Waals surface area contributed by atoms with Crippen molar-refractivity contribution in [3.8, 4) is 0 Å². The minimum Gasteiger partial charge on any atom is -0.315 e. The SMILES string of the molecule is CCCNCCN1C(=O)C(=O)c2c(F)cc(F)cc21. The van der Waals surface area contributed by atoms with Crippen molar-refractivity contribution in [2.45, 2.75) is 13.3 Å². The standard InChI is InChI=1S/C13H14F2N2O2/c1-2-3-16-4-5-17-10-7-8(14)6-9(15)11(10)12(18)13(17)19/h6-7,16H,2-5H2,1H3. The Balaban J connectivity index is 2.23. The molecule has 1 heterocycles. The highest BCUT2D eigenvalue weighted by Crippen LogP contribution is 2.31. The third-order valence-electron chi connectivity index (χ3n) is 2.93. The highest BCUT2D eigenvalue weighted by atomic mass is 19.1. The summed E-state index contributed by atoms with van der Waals surface area (Å²) in [5.41, 5.74) is -0.312. The number of nitrogens with one attached hydrogen (secondary N) is 1. The van der Waals surface area contributed by atoms with Crippen LogP contribution in [0.3, 0.4) is 0 Å². The Bertz CT molecular complexity index is 532. The van der Waals surface area contributed by atoms with Crippen molar-refractivity contribution >= 4 is 17.4 Å². The molecule has 2 rings (SSSR count). The molecular formula is C13H14F2N2O2. The number of nitrogens with zero attached hydrogens (tertiary/aromatic N) is 1. The van der Waals surface area contributed by atoms with Crippen molar-refractivity contribution in [3.05, 3.63) is 29.3 Å². The maximum Gasteiger partial charge on any atom is 0.299 e. The minimum absolute atomic E-state index is 0.0193. The van der Waals surface area contributed by atoms with Crippen molar-refractivity contribution in [2.24, 2.45) is 0 Å². The summed E-state index contributed by atoms with van der Waals surface area (Å²) < 4.78 is 26.7. The average Bonchev–Trinajstić information content (AvgIpc) is 2.59. The van der Waals surface area contributed by atoms with E-state index in [1.165, 1.54) is 0 Å². The quantitative estimate of drug-likeness (QED) is 0.650. The molecule has 1 aliphatic heterocycles. The van der Waals surface area contributed by atoms with Crippen molar-refractivity contribution in [1.29, 1.82) is 0 Å². The number of hydrogen-bond donors (Lipinski definition) is 1. The van der Waals surface area contributed by atoms with Crippen LogP contribution in [0.4, 0.5) is 14.5 Å². The Labute approximate surface area is 109 Å². The molecule has 0 bridgehead atoms. The van der Waals surface area contributed by atoms with Crippen LogP contribution in [0, 0.1) is 11.6 Å². The second-order valence-electron chi connectivity index (χ2n) is 4.32. The number of benzene rings is 1. The largest absolute Gasteiger partial charge is 0.315 e. The molecule has 0 unspecified atom stereocenters. The molecule has 1 N–H and O–H groups in total. The number of fused-ring (bicyclic) bond motifs is 1. The van der Waals surface area contributed by atoms with Crippen molar-refractivity contribution < 1.29 is 18.4 Å². The van der Waals surface area contributed by atoms with Gasteiger partial charge in [0.2, 0.25) is 0 Å². The van der Waals surface area contributed by atoms with Gasteiger partial charge in [0, 0.05) is 19.2 Å². The van der Waals surface area contributed by atoms with Crippen LogP contribution >= 0.6 is 0 Å². The normalized spacial score (nSPS) is 14.2. The van der Waals surface area contributed by atoms with Crippen LogP contribution in [-0.2, 0) is 4.79 Å². The third-order valence-corrected chi connectivity index (χ3v) is 2.93. The van der Waals surface area contributed by atoms with Crippen molar-refractivity contribution in [2.75, 3.05) is 24.5 Å². The molecule has 0 radical (unpaired) electrons. The van der Waals surface area contributed by atoms with E-state index >= 15 is 0 Å². The first-order valence-electron chi connectivity index (χ1n) is 6.12. The highest BCUT2D eigenvalue weighted by Gasteiger charge is 2.38. The minimum atomic E-state index is -0.989. The van der Waals surface area contributed by atoms with Crippen LogP contribution in [0.2, 0.25) is 0 Å². The topological polar surface area (TPSA) is 49.4 Å². The van der Waals surface area contributed by atoms with Gasteiger partial charge in [-0.3, -0.25) is 9.59 Å². The van der Waals surface area contributed by atoms with E-state index in [4.69, 9.17) is 0 Å². The van der Waals surface area contributed by atoms with Gasteiger partial charge in [-0.05, 0) is 19.0 Å². The molecule has 0 saturated carbocycles. The van der Waals surface area contributed by atoms with E-state index in [1.54, 1.807) is 0 Å². The Hall–Kier alpha value is -1.82. The molecule has 1 aromatic carbocycles. The van der Waals surface area contributed by atoms with Gasteiger partial charge in [0.1, 0.15) is 11.6 Å². The third kappa shape index (κ3) is 2.49. The second-order valence-corrected chi connectivity index (χ2v) is 4.32. The van der Waals surface area contributed by atoms with Crippen LogP contribution in [0.15, 0.2) is 12.1 Å². The molecule has 19 heavy (non-hydrogen) atoms. The summed E-state index contributed by atoms with van der Waals surface area (Å²) in [6.45, 7) is 3.45. The number of Topliss-reactive ketones (excluding diaryl/α,β-unsaturated/α-hetero) is 1. The van der Waals surface area contributed by atoms with E-state index in [9.17, 15) is 18.4 Å². The van der Waals surface area contributed by atoms with Gasteiger partial charge in [-0.25, -0.2) is 8.78 Å². The molecule has 4 nitrogen and oxygen atoms in total. The Morgan fingerprint density at radius 1 is 1.21 bits per heavy atom. The number of carbonyl (C=O) groups is 2. The van der Waals surface area contributed by atoms with Crippen molar-refractivity contribution in [3.63, 3.8) is 0 Å². The van der Waals surface area contributed by atoms with Gasteiger partial charge in [-0.15, -0.1) is 0 Å². The Morgan fingerprint density at radius 3 is 2.63 bits per heavy atom. The fourth-order valence-corrected chi connectivity index (χ4v) is 2.05. The molecule has 0 aliphatic carbocycles. The average molecular weight is 268 g/mol. The number of carbonyl (C=O) groups excluding carboxylic acids is 2. The van der Waals surface area contributed by atoms with E-state index in [2.05, 4.69) is 5.32 Å². The zero-order chi connectivity index (χ0) is 14.0. The fourth-order valence-electron chi connectivity index (χ4n) is 2.05. The first kappa shape index (κ1) is 13.6. The van der Waals surface area contributed by atoms with Gasteiger partial charge in [0.15, 0.2) is 0 Å². The monoisotopic (exact) mass is 268 g/mol. The predicted molar refractivity (Wildman–Crippen MR) is 66.2 cm³/mol. The lowest BCUT2D eigenvalue weighted by atomic mass is 10.1. The first-order chi connectivity index (χ1) is 9.06. The van der Waals surface area contributed by atoms with Crippen molar-refractivity contribution in [1.82, 2.24) is 5.32 Å². The zero-order valence-electron chi connectivity index (χ0n) is 10.5. The summed E-state index contributed by atoms with van der Waals surface area (Å²) in [6, 6.07) is 1.63. The van der Waals surface area contributed by atoms with E-state index in [0.717, 1.165) is 23.9 Å². The molecule has 0 spiro atoms. The van der Waals surface area contributed by atoms with Gasteiger partial charge < -0.3 is 10.2 Å². The molecule has 1 aliphatic rings. The fraction of sp³-hybridized carbons (Fsp3) is 0.385. The molecule has 0 atom stereocenters. The van der Waals surface area contributed by atoms with Crippen LogP contribution in [0.5, 0.6) is 0 Å². The number of anilines is 1. The Kier molecular flexibility index (Phi) is 3.90. The molecule has 0 aromatic heterocycles. The summed E-state index contributed by atoms with van der Waals surface area (Å²) in [7, 11) is 0. The number of hydrogen-bond acceptors (Lipinski definition) is 3. The summed E-state index contributed by atoms with van der Waals surface area (Å²) in [4.78, 5) is 24.5. The first-order valence-corrected chi connectivity index (χ1v) is 6.12. The smallest absolute Gasteiger partial charge is 0.299 e. The lowest BCUT2D eigenvalue weighted by molar-refractivity contribution is -0.114. The van der Waals surface area contributed by atoms with E-state index in [0.29, 0.717) is 12.6 Å². The molecule has 1 amide bonds. The van der Waals surface area contributed by atoms with Gasteiger partial charge in [0.05, 0.1) is 11.3 Å². The predicted octanol–water partition coefficient (Wildman–Crippen LogP) is 1.49. The lowest BCUT2D eigenvalue weighted by Crippen LogP contribution is -2.36. The van der Waals surface area contributed by atoms with Gasteiger partial charge in [0.25, 0.3) is 11.7 Å². The number of rotatable bonds is 5. The van der Waals surface area contributed by atoms with Crippen LogP contribution in [-0.4, -0.2) is 31.3 Å².